The number of hydrogen-bond donors (Lipinski definition) is 1. The molecule has 0 atom stereocenters. The minimum atomic E-state index is -3.66. The molecule has 2 rings (SSSR count). The van der Waals surface area contributed by atoms with Crippen molar-refractivity contribution in [3.05, 3.63) is 43.0 Å². The molecule has 0 fully saturated rings. The lowest BCUT2D eigenvalue weighted by Crippen LogP contribution is -2.27. The molecule has 2 aromatic heterocycles. The lowest BCUT2D eigenvalue weighted by atomic mass is 10.4. The second kappa shape index (κ2) is 5.87. The van der Waals surface area contributed by atoms with Crippen LogP contribution in [0.3, 0.4) is 0 Å². The fraction of sp³-hybridized carbons (Fsp3) is 0.231. The Bertz CT molecular complexity index is 674. The van der Waals surface area contributed by atoms with Crippen LogP contribution in [0, 0.1) is 0 Å². The number of sulfonamides is 1. The monoisotopic (exact) mass is 292 g/mol. The molecule has 0 saturated heterocycles. The molecule has 0 aliphatic heterocycles. The molecule has 0 amide bonds. The molecular formula is C13H16N4O2S. The van der Waals surface area contributed by atoms with E-state index in [1.165, 1.54) is 17.5 Å². The quantitative estimate of drug-likeness (QED) is 0.908. The van der Waals surface area contributed by atoms with Gasteiger partial charge in [0.05, 0.1) is 11.4 Å². The summed E-state index contributed by atoms with van der Waals surface area (Å²) in [6.45, 7) is 2.54. The van der Waals surface area contributed by atoms with Crippen molar-refractivity contribution < 1.29 is 8.42 Å². The molecule has 106 valence electrons. The van der Waals surface area contributed by atoms with E-state index in [-0.39, 0.29) is 4.90 Å². The normalized spacial score (nSPS) is 11.1. The number of anilines is 2. The summed E-state index contributed by atoms with van der Waals surface area (Å²) < 4.78 is 26.5. The topological polar surface area (TPSA) is 75.2 Å². The van der Waals surface area contributed by atoms with Gasteiger partial charge in [-0.3, -0.25) is 14.3 Å². The highest BCUT2D eigenvalue weighted by Crippen LogP contribution is 2.26. The van der Waals surface area contributed by atoms with Crippen molar-refractivity contribution >= 4 is 21.4 Å². The number of nitrogens with zero attached hydrogens (tertiary/aromatic N) is 3. The van der Waals surface area contributed by atoms with Crippen molar-refractivity contribution in [2.45, 2.75) is 11.8 Å². The smallest absolute Gasteiger partial charge is 0.267 e. The predicted molar refractivity (Wildman–Crippen MR) is 78.2 cm³/mol. The van der Waals surface area contributed by atoms with Gasteiger partial charge in [0.25, 0.3) is 10.0 Å². The van der Waals surface area contributed by atoms with Gasteiger partial charge in [0, 0.05) is 38.4 Å². The molecule has 0 aliphatic carbocycles. The van der Waals surface area contributed by atoms with Gasteiger partial charge < -0.3 is 5.32 Å². The third kappa shape index (κ3) is 2.72. The Morgan fingerprint density at radius 3 is 2.45 bits per heavy atom. The van der Waals surface area contributed by atoms with Crippen molar-refractivity contribution in [2.75, 3.05) is 23.2 Å². The molecule has 2 aromatic rings. The summed E-state index contributed by atoms with van der Waals surface area (Å²) >= 11 is 0. The number of rotatable bonds is 5. The Morgan fingerprint density at radius 2 is 1.80 bits per heavy atom. The second-order valence-corrected chi connectivity index (χ2v) is 6.02. The molecule has 0 bridgehead atoms. The van der Waals surface area contributed by atoms with E-state index in [9.17, 15) is 8.42 Å². The van der Waals surface area contributed by atoms with Gasteiger partial charge in [-0.25, -0.2) is 8.42 Å². The van der Waals surface area contributed by atoms with Gasteiger partial charge in [-0.2, -0.15) is 0 Å². The summed E-state index contributed by atoms with van der Waals surface area (Å²) in [5.74, 6) is 0. The van der Waals surface area contributed by atoms with Gasteiger partial charge >= 0.3 is 0 Å². The third-order valence-corrected chi connectivity index (χ3v) is 4.63. The highest BCUT2D eigenvalue weighted by Gasteiger charge is 2.24. The van der Waals surface area contributed by atoms with Crippen LogP contribution in [0.2, 0.25) is 0 Å². The summed E-state index contributed by atoms with van der Waals surface area (Å²) in [4.78, 5) is 7.95. The number of nitrogens with one attached hydrogen (secondary N) is 1. The standard InChI is InChI=1S/C13H16N4O2S/c1-3-16-12-6-9-15-10-13(12)20(18,19)17(2)11-4-7-14-8-5-11/h4-10H,3H2,1-2H3,(H,15,16). The Labute approximate surface area is 118 Å². The molecule has 20 heavy (non-hydrogen) atoms. The maximum atomic E-state index is 12.7. The van der Waals surface area contributed by atoms with Crippen molar-refractivity contribution in [3.63, 3.8) is 0 Å². The first kappa shape index (κ1) is 14.3. The van der Waals surface area contributed by atoms with Gasteiger partial charge in [-0.05, 0) is 25.1 Å². The van der Waals surface area contributed by atoms with Gasteiger partial charge in [0.1, 0.15) is 4.90 Å². The molecule has 1 N–H and O–H groups in total. The van der Waals surface area contributed by atoms with Crippen LogP contribution in [0.25, 0.3) is 0 Å². The van der Waals surface area contributed by atoms with E-state index in [0.29, 0.717) is 17.9 Å². The Morgan fingerprint density at radius 1 is 1.15 bits per heavy atom. The maximum absolute atomic E-state index is 12.7. The van der Waals surface area contributed by atoms with E-state index in [2.05, 4.69) is 15.3 Å². The molecule has 0 aromatic carbocycles. The number of pyridine rings is 2. The third-order valence-electron chi connectivity index (χ3n) is 2.82. The van der Waals surface area contributed by atoms with Crippen LogP contribution in [0.5, 0.6) is 0 Å². The average Bonchev–Trinajstić information content (AvgIpc) is 2.48. The molecule has 0 unspecified atom stereocenters. The Hall–Kier alpha value is -2.15. The summed E-state index contributed by atoms with van der Waals surface area (Å²) in [5, 5.41) is 3.03. The molecule has 2 heterocycles. The Balaban J connectivity index is 2.45. The van der Waals surface area contributed by atoms with Crippen LogP contribution in [0.15, 0.2) is 47.9 Å². The second-order valence-electron chi connectivity index (χ2n) is 4.08. The number of aromatic nitrogens is 2. The molecule has 6 nitrogen and oxygen atoms in total. The SMILES string of the molecule is CCNc1ccncc1S(=O)(=O)N(C)c1ccncc1. The summed E-state index contributed by atoms with van der Waals surface area (Å²) in [6.07, 6.45) is 6.01. The summed E-state index contributed by atoms with van der Waals surface area (Å²) in [7, 11) is -2.16. The van der Waals surface area contributed by atoms with Gasteiger partial charge in [0.15, 0.2) is 0 Å². The first-order valence-corrected chi connectivity index (χ1v) is 7.58. The van der Waals surface area contributed by atoms with Crippen molar-refractivity contribution in [1.29, 1.82) is 0 Å². The molecule has 0 radical (unpaired) electrons. The predicted octanol–water partition coefficient (Wildman–Crippen LogP) is 1.73. The van der Waals surface area contributed by atoms with Gasteiger partial charge in [-0.15, -0.1) is 0 Å². The largest absolute Gasteiger partial charge is 0.384 e. The molecule has 0 saturated carbocycles. The summed E-state index contributed by atoms with van der Waals surface area (Å²) in [6, 6.07) is 4.93. The first-order chi connectivity index (χ1) is 9.57. The molecule has 0 spiro atoms. The zero-order valence-corrected chi connectivity index (χ0v) is 12.1. The first-order valence-electron chi connectivity index (χ1n) is 6.14. The van der Waals surface area contributed by atoms with E-state index >= 15 is 0 Å². The van der Waals surface area contributed by atoms with Crippen LogP contribution in [-0.2, 0) is 10.0 Å². The number of hydrogen-bond acceptors (Lipinski definition) is 5. The van der Waals surface area contributed by atoms with Crippen LogP contribution >= 0.6 is 0 Å². The lowest BCUT2D eigenvalue weighted by molar-refractivity contribution is 0.594. The van der Waals surface area contributed by atoms with E-state index in [1.54, 1.807) is 36.8 Å². The van der Waals surface area contributed by atoms with E-state index in [1.807, 2.05) is 6.92 Å². The minimum absolute atomic E-state index is 0.154. The van der Waals surface area contributed by atoms with E-state index in [4.69, 9.17) is 0 Å². The van der Waals surface area contributed by atoms with E-state index in [0.717, 1.165) is 0 Å². The minimum Gasteiger partial charge on any atom is -0.384 e. The molecule has 0 aliphatic rings. The maximum Gasteiger partial charge on any atom is 0.267 e. The fourth-order valence-electron chi connectivity index (χ4n) is 1.76. The lowest BCUT2D eigenvalue weighted by Gasteiger charge is -2.20. The fourth-order valence-corrected chi connectivity index (χ4v) is 3.07. The highest BCUT2D eigenvalue weighted by molar-refractivity contribution is 7.93. The van der Waals surface area contributed by atoms with Crippen molar-refractivity contribution in [3.8, 4) is 0 Å². The van der Waals surface area contributed by atoms with Crippen LogP contribution in [0.4, 0.5) is 11.4 Å². The van der Waals surface area contributed by atoms with Crippen molar-refractivity contribution in [1.82, 2.24) is 9.97 Å². The van der Waals surface area contributed by atoms with Gasteiger partial charge in [-0.1, -0.05) is 0 Å². The van der Waals surface area contributed by atoms with Crippen LogP contribution in [0.1, 0.15) is 6.92 Å². The Kier molecular flexibility index (Phi) is 4.19. The highest BCUT2D eigenvalue weighted by atomic mass is 32.2. The van der Waals surface area contributed by atoms with E-state index < -0.39 is 10.0 Å². The zero-order valence-electron chi connectivity index (χ0n) is 11.3. The van der Waals surface area contributed by atoms with Gasteiger partial charge in [0.2, 0.25) is 0 Å². The van der Waals surface area contributed by atoms with Crippen LogP contribution in [-0.4, -0.2) is 32.0 Å². The molecular weight excluding hydrogens is 276 g/mol. The summed E-state index contributed by atoms with van der Waals surface area (Å²) in [5.41, 5.74) is 1.09. The molecule has 7 heteroatoms. The van der Waals surface area contributed by atoms with Crippen molar-refractivity contribution in [2.24, 2.45) is 0 Å². The zero-order chi connectivity index (χ0) is 14.6. The average molecular weight is 292 g/mol. The van der Waals surface area contributed by atoms with Crippen LogP contribution < -0.4 is 9.62 Å².